The molecule has 2 aromatic rings. The minimum absolute atomic E-state index is 0.0623. The van der Waals surface area contributed by atoms with Gasteiger partial charge in [0.15, 0.2) is 5.13 Å². The van der Waals surface area contributed by atoms with Gasteiger partial charge in [-0.3, -0.25) is 10.1 Å². The van der Waals surface area contributed by atoms with Gasteiger partial charge < -0.3 is 0 Å². The van der Waals surface area contributed by atoms with E-state index in [-0.39, 0.29) is 16.8 Å². The van der Waals surface area contributed by atoms with Crippen LogP contribution in [0.15, 0.2) is 34.5 Å². The van der Waals surface area contributed by atoms with E-state index in [1.165, 1.54) is 47.0 Å². The normalized spacial score (nSPS) is 18.4. The number of sulfonamides is 1. The number of carbonyl (C=O) groups is 1. The van der Waals surface area contributed by atoms with E-state index < -0.39 is 10.0 Å². The van der Waals surface area contributed by atoms with Gasteiger partial charge in [0, 0.05) is 30.0 Å². The maximum atomic E-state index is 12.9. The Balaban J connectivity index is 1.43. The number of nitrogens with one attached hydrogen (secondary N) is 1. The number of hydrogen-bond donors (Lipinski definition) is 1. The summed E-state index contributed by atoms with van der Waals surface area (Å²) >= 11 is 1.42. The van der Waals surface area contributed by atoms with Crippen molar-refractivity contribution in [2.75, 3.05) is 12.4 Å². The van der Waals surface area contributed by atoms with E-state index in [1.54, 1.807) is 19.2 Å². The van der Waals surface area contributed by atoms with Crippen molar-refractivity contribution in [2.24, 2.45) is 0 Å². The van der Waals surface area contributed by atoms with Crippen LogP contribution in [-0.2, 0) is 10.0 Å². The Hall–Kier alpha value is -1.77. The lowest BCUT2D eigenvalue weighted by molar-refractivity contribution is 0.102. The van der Waals surface area contributed by atoms with E-state index in [9.17, 15) is 13.2 Å². The number of hydrogen-bond acceptors (Lipinski definition) is 5. The summed E-state index contributed by atoms with van der Waals surface area (Å²) in [5.41, 5.74) is 1.47. The molecule has 0 saturated heterocycles. The van der Waals surface area contributed by atoms with Crippen LogP contribution < -0.4 is 5.32 Å². The fourth-order valence-corrected chi connectivity index (χ4v) is 5.87. The summed E-state index contributed by atoms with van der Waals surface area (Å²) in [5.74, 6) is 0.272. The van der Waals surface area contributed by atoms with Crippen molar-refractivity contribution in [1.29, 1.82) is 0 Å². The standard InChI is InChI=1S/C20H25N3O3S2/c1-23(16-5-3-2-4-6-16)28(25,26)17-11-9-15(10-12-17)19(24)22-20-21-18(13-27-20)14-7-8-14/h9-14,16H,2-8H2,1H3,(H,21,22,24). The van der Waals surface area contributed by atoms with Crippen LogP contribution in [0, 0.1) is 0 Å². The first-order valence-electron chi connectivity index (χ1n) is 9.80. The molecule has 8 heteroatoms. The van der Waals surface area contributed by atoms with Crippen LogP contribution in [0.1, 0.15) is 66.9 Å². The summed E-state index contributed by atoms with van der Waals surface area (Å²) in [5, 5.41) is 5.38. The van der Waals surface area contributed by atoms with Gasteiger partial charge in [-0.15, -0.1) is 11.3 Å². The zero-order chi connectivity index (χ0) is 19.7. The number of amides is 1. The lowest BCUT2D eigenvalue weighted by Crippen LogP contribution is -2.38. The number of anilines is 1. The van der Waals surface area contributed by atoms with Crippen molar-refractivity contribution < 1.29 is 13.2 Å². The predicted molar refractivity (Wildman–Crippen MR) is 110 cm³/mol. The van der Waals surface area contributed by atoms with Gasteiger partial charge in [0.1, 0.15) is 0 Å². The molecule has 0 spiro atoms. The molecule has 0 radical (unpaired) electrons. The molecule has 6 nitrogen and oxygen atoms in total. The quantitative estimate of drug-likeness (QED) is 0.760. The van der Waals surface area contributed by atoms with Crippen molar-refractivity contribution >= 4 is 32.4 Å². The molecule has 0 aliphatic heterocycles. The Bertz CT molecular complexity index is 943. The monoisotopic (exact) mass is 419 g/mol. The molecular formula is C20H25N3O3S2. The first kappa shape index (κ1) is 19.5. The minimum Gasteiger partial charge on any atom is -0.298 e. The van der Waals surface area contributed by atoms with Crippen LogP contribution in [0.4, 0.5) is 5.13 Å². The first-order valence-corrected chi connectivity index (χ1v) is 12.1. The highest BCUT2D eigenvalue weighted by Gasteiger charge is 2.29. The molecule has 1 N–H and O–H groups in total. The van der Waals surface area contributed by atoms with Crippen molar-refractivity contribution in [3.63, 3.8) is 0 Å². The van der Waals surface area contributed by atoms with E-state index in [0.717, 1.165) is 31.4 Å². The van der Waals surface area contributed by atoms with Gasteiger partial charge in [-0.1, -0.05) is 19.3 Å². The van der Waals surface area contributed by atoms with Gasteiger partial charge in [-0.05, 0) is 49.9 Å². The van der Waals surface area contributed by atoms with Crippen molar-refractivity contribution in [3.05, 3.63) is 40.9 Å². The fraction of sp³-hybridized carbons (Fsp3) is 0.500. The third kappa shape index (κ3) is 4.14. The molecule has 150 valence electrons. The Labute approximate surface area is 170 Å². The van der Waals surface area contributed by atoms with Gasteiger partial charge in [0.25, 0.3) is 5.91 Å². The van der Waals surface area contributed by atoms with Gasteiger partial charge >= 0.3 is 0 Å². The Morgan fingerprint density at radius 2 is 1.79 bits per heavy atom. The van der Waals surface area contributed by atoms with E-state index in [1.807, 2.05) is 5.38 Å². The zero-order valence-corrected chi connectivity index (χ0v) is 17.6. The second-order valence-corrected chi connectivity index (χ2v) is 10.5. The summed E-state index contributed by atoms with van der Waals surface area (Å²) in [6.45, 7) is 0. The highest BCUT2D eigenvalue weighted by molar-refractivity contribution is 7.89. The lowest BCUT2D eigenvalue weighted by atomic mass is 9.96. The van der Waals surface area contributed by atoms with Gasteiger partial charge in [0.05, 0.1) is 10.6 Å². The third-order valence-corrected chi connectivity index (χ3v) is 8.32. The van der Waals surface area contributed by atoms with E-state index in [0.29, 0.717) is 16.6 Å². The fourth-order valence-electron chi connectivity index (χ4n) is 3.66. The summed E-state index contributed by atoms with van der Waals surface area (Å²) in [6.07, 6.45) is 7.48. The number of benzene rings is 1. The van der Waals surface area contributed by atoms with Gasteiger partial charge in [-0.2, -0.15) is 4.31 Å². The molecule has 1 amide bonds. The summed E-state index contributed by atoms with van der Waals surface area (Å²) in [6, 6.07) is 6.22. The molecule has 0 unspecified atom stereocenters. The number of rotatable bonds is 6. The molecule has 4 rings (SSSR count). The topological polar surface area (TPSA) is 79.4 Å². The van der Waals surface area contributed by atoms with Crippen LogP contribution in [0.5, 0.6) is 0 Å². The molecule has 2 aliphatic rings. The molecule has 28 heavy (non-hydrogen) atoms. The summed E-state index contributed by atoms with van der Waals surface area (Å²) < 4.78 is 27.3. The molecule has 1 aromatic carbocycles. The minimum atomic E-state index is -3.55. The van der Waals surface area contributed by atoms with Crippen LogP contribution in [-0.4, -0.2) is 36.7 Å². The second kappa shape index (κ2) is 7.93. The van der Waals surface area contributed by atoms with E-state index >= 15 is 0 Å². The maximum absolute atomic E-state index is 12.9. The van der Waals surface area contributed by atoms with Crippen LogP contribution >= 0.6 is 11.3 Å². The molecule has 2 saturated carbocycles. The predicted octanol–water partition coefficient (Wildman–Crippen LogP) is 4.23. The molecular weight excluding hydrogens is 394 g/mol. The van der Waals surface area contributed by atoms with Crippen LogP contribution in [0.3, 0.4) is 0 Å². The van der Waals surface area contributed by atoms with E-state index in [4.69, 9.17) is 0 Å². The van der Waals surface area contributed by atoms with Gasteiger partial charge in [0.2, 0.25) is 10.0 Å². The summed E-state index contributed by atoms with van der Waals surface area (Å²) in [4.78, 5) is 17.1. The Morgan fingerprint density at radius 3 is 2.43 bits per heavy atom. The summed E-state index contributed by atoms with van der Waals surface area (Å²) in [7, 11) is -1.89. The maximum Gasteiger partial charge on any atom is 0.257 e. The average Bonchev–Trinajstić information content (AvgIpc) is 3.47. The first-order chi connectivity index (χ1) is 13.4. The van der Waals surface area contributed by atoms with E-state index in [2.05, 4.69) is 10.3 Å². The van der Waals surface area contributed by atoms with Crippen molar-refractivity contribution in [1.82, 2.24) is 9.29 Å². The SMILES string of the molecule is CN(C1CCCCC1)S(=O)(=O)c1ccc(C(=O)Nc2nc(C3CC3)cs2)cc1. The third-order valence-electron chi connectivity index (χ3n) is 5.62. The number of carbonyl (C=O) groups excluding carboxylic acids is 1. The second-order valence-electron chi connectivity index (χ2n) is 7.64. The molecule has 2 aliphatic carbocycles. The highest BCUT2D eigenvalue weighted by atomic mass is 32.2. The number of nitrogens with zero attached hydrogens (tertiary/aromatic N) is 2. The van der Waals surface area contributed by atoms with Crippen LogP contribution in [0.25, 0.3) is 0 Å². The van der Waals surface area contributed by atoms with Crippen LogP contribution in [0.2, 0.25) is 0 Å². The van der Waals surface area contributed by atoms with Crippen molar-refractivity contribution in [3.8, 4) is 0 Å². The molecule has 0 bridgehead atoms. The molecule has 1 aromatic heterocycles. The Kier molecular flexibility index (Phi) is 5.53. The smallest absolute Gasteiger partial charge is 0.257 e. The number of aromatic nitrogens is 1. The number of thiazole rings is 1. The molecule has 1 heterocycles. The zero-order valence-electron chi connectivity index (χ0n) is 15.9. The Morgan fingerprint density at radius 1 is 1.11 bits per heavy atom. The van der Waals surface area contributed by atoms with Crippen molar-refractivity contribution in [2.45, 2.75) is 61.8 Å². The molecule has 0 atom stereocenters. The average molecular weight is 420 g/mol. The largest absolute Gasteiger partial charge is 0.298 e. The lowest BCUT2D eigenvalue weighted by Gasteiger charge is -2.30. The molecule has 2 fully saturated rings. The van der Waals surface area contributed by atoms with Gasteiger partial charge in [-0.25, -0.2) is 13.4 Å². The highest BCUT2D eigenvalue weighted by Crippen LogP contribution is 2.40.